The fraction of sp³-hybridized carbons (Fsp3) is 0. The van der Waals surface area contributed by atoms with E-state index in [4.69, 9.17) is 5.73 Å². The first-order valence-electron chi connectivity index (χ1n) is 4.31. The molecular formula is C10H9BrFN3O. The number of rotatable bonds is 2. The third kappa shape index (κ3) is 3.82. The summed E-state index contributed by atoms with van der Waals surface area (Å²) in [6.45, 7) is 0. The van der Waals surface area contributed by atoms with Crippen LogP contribution >= 0.6 is 16.1 Å². The van der Waals surface area contributed by atoms with E-state index in [1.807, 2.05) is 0 Å². The molecule has 0 unspecified atom stereocenters. The van der Waals surface area contributed by atoms with E-state index in [-0.39, 0.29) is 5.96 Å². The zero-order valence-electron chi connectivity index (χ0n) is 8.15. The van der Waals surface area contributed by atoms with Crippen LogP contribution in [0, 0.1) is 5.82 Å². The molecule has 4 nitrogen and oxygen atoms in total. The first-order valence-corrected chi connectivity index (χ1v) is 5.02. The van der Waals surface area contributed by atoms with Crippen LogP contribution < -0.4 is 11.1 Å². The molecule has 6 heteroatoms. The van der Waals surface area contributed by atoms with Crippen LogP contribution in [0.5, 0.6) is 0 Å². The Balaban J connectivity index is 2.68. The molecule has 0 aromatic heterocycles. The number of nitrogens with zero attached hydrogens (tertiary/aromatic N) is 1. The molecule has 0 aliphatic rings. The van der Waals surface area contributed by atoms with E-state index in [2.05, 4.69) is 25.5 Å². The Morgan fingerprint density at radius 3 is 2.81 bits per heavy atom. The molecule has 0 spiro atoms. The molecule has 1 aromatic carbocycles. The van der Waals surface area contributed by atoms with Crippen molar-refractivity contribution in [2.45, 2.75) is 0 Å². The Morgan fingerprint density at radius 1 is 1.50 bits per heavy atom. The van der Waals surface area contributed by atoms with Gasteiger partial charge in [-0.05, 0) is 12.1 Å². The SMILES string of the molecule is NC(=NBr)NC(=O)C=Cc1ccccc1F. The molecule has 1 rings (SSSR count). The number of guanidine groups is 1. The van der Waals surface area contributed by atoms with Gasteiger partial charge >= 0.3 is 0 Å². The summed E-state index contributed by atoms with van der Waals surface area (Å²) in [5, 5.41) is 2.25. The molecule has 0 saturated carbocycles. The van der Waals surface area contributed by atoms with Crippen LogP contribution in [0.15, 0.2) is 34.4 Å². The van der Waals surface area contributed by atoms with Gasteiger partial charge in [0.2, 0.25) is 5.96 Å². The number of nitrogens with two attached hydrogens (primary N) is 1. The molecule has 0 fully saturated rings. The summed E-state index contributed by atoms with van der Waals surface area (Å²) in [5.74, 6) is -0.944. The number of hydrogen-bond donors (Lipinski definition) is 2. The highest BCUT2D eigenvalue weighted by atomic mass is 79.9. The van der Waals surface area contributed by atoms with Crippen molar-refractivity contribution >= 4 is 34.1 Å². The summed E-state index contributed by atoms with van der Waals surface area (Å²) in [5.41, 5.74) is 5.56. The summed E-state index contributed by atoms with van der Waals surface area (Å²) in [6, 6.07) is 6.12. The van der Waals surface area contributed by atoms with Crippen LogP contribution in [0.1, 0.15) is 5.56 Å². The van der Waals surface area contributed by atoms with Crippen molar-refractivity contribution in [2.75, 3.05) is 0 Å². The number of carbonyl (C=O) groups excluding carboxylic acids is 1. The summed E-state index contributed by atoms with van der Waals surface area (Å²) >= 11 is 2.72. The highest BCUT2D eigenvalue weighted by Crippen LogP contribution is 2.07. The van der Waals surface area contributed by atoms with Crippen molar-refractivity contribution < 1.29 is 9.18 Å². The molecule has 3 N–H and O–H groups in total. The summed E-state index contributed by atoms with van der Waals surface area (Å²) in [7, 11) is 0. The second-order valence-electron chi connectivity index (χ2n) is 2.81. The van der Waals surface area contributed by atoms with Crippen molar-refractivity contribution in [3.63, 3.8) is 0 Å². The van der Waals surface area contributed by atoms with E-state index >= 15 is 0 Å². The van der Waals surface area contributed by atoms with E-state index in [0.717, 1.165) is 0 Å². The Morgan fingerprint density at radius 2 is 2.19 bits per heavy atom. The van der Waals surface area contributed by atoms with E-state index < -0.39 is 11.7 Å². The van der Waals surface area contributed by atoms with Gasteiger partial charge in [0.15, 0.2) is 0 Å². The van der Waals surface area contributed by atoms with Crippen LogP contribution in [-0.4, -0.2) is 11.9 Å². The largest absolute Gasteiger partial charge is 0.369 e. The Bertz CT molecular complexity index is 445. The van der Waals surface area contributed by atoms with Gasteiger partial charge in [-0.15, -0.1) is 0 Å². The van der Waals surface area contributed by atoms with E-state index in [9.17, 15) is 9.18 Å². The molecule has 0 aliphatic heterocycles. The van der Waals surface area contributed by atoms with Gasteiger partial charge in [0.1, 0.15) is 5.82 Å². The smallest absolute Gasteiger partial charge is 0.250 e. The van der Waals surface area contributed by atoms with Gasteiger partial charge in [0, 0.05) is 11.6 Å². The second kappa shape index (κ2) is 6.02. The van der Waals surface area contributed by atoms with Crippen molar-refractivity contribution in [1.82, 2.24) is 5.32 Å². The number of carbonyl (C=O) groups is 1. The normalized spacial score (nSPS) is 11.8. The maximum absolute atomic E-state index is 13.1. The predicted octanol–water partition coefficient (Wildman–Crippen LogP) is 1.58. The lowest BCUT2D eigenvalue weighted by Crippen LogP contribution is -2.34. The Kier molecular flexibility index (Phi) is 4.65. The van der Waals surface area contributed by atoms with Crippen molar-refractivity contribution in [1.29, 1.82) is 0 Å². The highest BCUT2D eigenvalue weighted by Gasteiger charge is 1.99. The third-order valence-corrected chi connectivity index (χ3v) is 2.04. The summed E-state index contributed by atoms with van der Waals surface area (Å²) < 4.78 is 16.5. The van der Waals surface area contributed by atoms with Crippen molar-refractivity contribution in [3.05, 3.63) is 41.7 Å². The zero-order valence-corrected chi connectivity index (χ0v) is 9.74. The maximum Gasteiger partial charge on any atom is 0.250 e. The number of benzene rings is 1. The quantitative estimate of drug-likeness (QED) is 0.492. The lowest BCUT2D eigenvalue weighted by Gasteiger charge is -1.98. The van der Waals surface area contributed by atoms with Crippen LogP contribution in [-0.2, 0) is 4.79 Å². The van der Waals surface area contributed by atoms with Crippen LogP contribution in [0.4, 0.5) is 4.39 Å². The van der Waals surface area contributed by atoms with E-state index in [1.165, 1.54) is 18.2 Å². The molecule has 1 amide bonds. The van der Waals surface area contributed by atoms with Crippen molar-refractivity contribution in [2.24, 2.45) is 9.75 Å². The number of nitrogens with one attached hydrogen (secondary N) is 1. The first kappa shape index (κ1) is 12.4. The minimum absolute atomic E-state index is 0.0665. The predicted molar refractivity (Wildman–Crippen MR) is 64.1 cm³/mol. The fourth-order valence-electron chi connectivity index (χ4n) is 0.965. The van der Waals surface area contributed by atoms with Gasteiger partial charge in [-0.2, -0.15) is 4.02 Å². The van der Waals surface area contributed by atoms with Crippen molar-refractivity contribution in [3.8, 4) is 0 Å². The van der Waals surface area contributed by atoms with Crippen LogP contribution in [0.2, 0.25) is 0 Å². The monoisotopic (exact) mass is 285 g/mol. The number of halogens is 2. The topological polar surface area (TPSA) is 67.5 Å². The summed E-state index contributed by atoms with van der Waals surface area (Å²) in [6.07, 6.45) is 2.52. The molecule has 1 aromatic rings. The van der Waals surface area contributed by atoms with Gasteiger partial charge < -0.3 is 5.73 Å². The standard InChI is InChI=1S/C10H9BrFN3O/c11-15-10(13)14-9(16)6-5-7-3-1-2-4-8(7)12/h1-6H,(H3,13,14,15,16). The molecule has 0 bridgehead atoms. The average molecular weight is 286 g/mol. The molecule has 16 heavy (non-hydrogen) atoms. The van der Waals surface area contributed by atoms with Gasteiger partial charge in [-0.3, -0.25) is 10.1 Å². The lowest BCUT2D eigenvalue weighted by atomic mass is 10.2. The molecule has 0 heterocycles. The van der Waals surface area contributed by atoms with Crippen LogP contribution in [0.25, 0.3) is 6.08 Å². The fourth-order valence-corrected chi connectivity index (χ4v) is 1.05. The van der Waals surface area contributed by atoms with E-state index in [0.29, 0.717) is 5.56 Å². The second-order valence-corrected chi connectivity index (χ2v) is 3.17. The minimum atomic E-state index is -0.482. The Labute approximate surface area is 100 Å². The van der Waals surface area contributed by atoms with E-state index in [1.54, 1.807) is 18.2 Å². The van der Waals surface area contributed by atoms with Gasteiger partial charge in [0.25, 0.3) is 5.91 Å². The molecular weight excluding hydrogens is 277 g/mol. The minimum Gasteiger partial charge on any atom is -0.369 e. The molecule has 0 radical (unpaired) electrons. The molecule has 0 saturated heterocycles. The number of hydrogen-bond acceptors (Lipinski definition) is 2. The lowest BCUT2D eigenvalue weighted by molar-refractivity contribution is -0.115. The zero-order chi connectivity index (χ0) is 12.0. The van der Waals surface area contributed by atoms with Gasteiger partial charge in [-0.1, -0.05) is 18.2 Å². The van der Waals surface area contributed by atoms with Crippen LogP contribution in [0.3, 0.4) is 0 Å². The first-order chi connectivity index (χ1) is 7.63. The van der Waals surface area contributed by atoms with Gasteiger partial charge in [0.05, 0.1) is 16.1 Å². The molecule has 0 atom stereocenters. The third-order valence-electron chi connectivity index (χ3n) is 1.66. The molecule has 84 valence electrons. The molecule has 0 aliphatic carbocycles. The maximum atomic E-state index is 13.1. The average Bonchev–Trinajstić information content (AvgIpc) is 2.28. The Hall–Kier alpha value is -1.69. The van der Waals surface area contributed by atoms with Gasteiger partial charge in [-0.25, -0.2) is 4.39 Å². The highest BCUT2D eigenvalue weighted by molar-refractivity contribution is 9.08. The number of amides is 1. The summed E-state index contributed by atoms with van der Waals surface area (Å²) in [4.78, 5) is 11.2.